The Kier molecular flexibility index (Phi) is 6.75. The minimum atomic E-state index is -3.78. The monoisotopic (exact) mass is 487 g/mol. The average molecular weight is 488 g/mol. The highest BCUT2D eigenvalue weighted by molar-refractivity contribution is 7.89. The first-order chi connectivity index (χ1) is 16.4. The van der Waals surface area contributed by atoms with E-state index in [-0.39, 0.29) is 30.2 Å². The first-order valence-electron chi connectivity index (χ1n) is 10.5. The summed E-state index contributed by atoms with van der Waals surface area (Å²) in [5.74, 6) is 1.66. The van der Waals surface area contributed by atoms with Gasteiger partial charge in [-0.15, -0.1) is 0 Å². The highest BCUT2D eigenvalue weighted by Gasteiger charge is 2.34. The molecule has 1 N–H and O–H groups in total. The van der Waals surface area contributed by atoms with Crippen LogP contribution in [0, 0.1) is 0 Å². The van der Waals surface area contributed by atoms with Gasteiger partial charge in [0, 0.05) is 37.2 Å². The minimum Gasteiger partial charge on any atom is -0.497 e. The van der Waals surface area contributed by atoms with Gasteiger partial charge in [-0.1, -0.05) is 17.3 Å². The third-order valence-corrected chi connectivity index (χ3v) is 7.49. The van der Waals surface area contributed by atoms with Crippen molar-refractivity contribution in [2.75, 3.05) is 27.9 Å². The van der Waals surface area contributed by atoms with E-state index in [9.17, 15) is 13.2 Å². The van der Waals surface area contributed by atoms with E-state index in [1.165, 1.54) is 37.8 Å². The summed E-state index contributed by atoms with van der Waals surface area (Å²) in [5, 5.41) is 6.71. The first-order valence-corrected chi connectivity index (χ1v) is 11.9. The van der Waals surface area contributed by atoms with Gasteiger partial charge in [-0.3, -0.25) is 4.79 Å². The van der Waals surface area contributed by atoms with Gasteiger partial charge in [0.2, 0.25) is 10.0 Å². The largest absolute Gasteiger partial charge is 0.497 e. The molecular formula is C23H25N3O7S. The Morgan fingerprint density at radius 3 is 2.53 bits per heavy atom. The highest BCUT2D eigenvalue weighted by atomic mass is 32.2. The van der Waals surface area contributed by atoms with Crippen molar-refractivity contribution in [3.8, 4) is 17.2 Å². The molecule has 0 saturated heterocycles. The molecule has 0 saturated carbocycles. The summed E-state index contributed by atoms with van der Waals surface area (Å²) in [7, 11) is 0.795. The third kappa shape index (κ3) is 4.44. The van der Waals surface area contributed by atoms with Gasteiger partial charge in [0.15, 0.2) is 17.2 Å². The molecule has 1 amide bonds. The SMILES string of the molecule is COc1ccc(S(=O)(=O)N2CCc3onc(C(=O)NCc4cccc(OC)c4OC)c3C2)cc1. The molecule has 0 spiro atoms. The van der Waals surface area contributed by atoms with E-state index >= 15 is 0 Å². The lowest BCUT2D eigenvalue weighted by atomic mass is 10.1. The molecule has 0 radical (unpaired) electrons. The predicted molar refractivity (Wildman–Crippen MR) is 122 cm³/mol. The van der Waals surface area contributed by atoms with E-state index < -0.39 is 15.9 Å². The summed E-state index contributed by atoms with van der Waals surface area (Å²) in [5.41, 5.74) is 1.24. The van der Waals surface area contributed by atoms with Crippen LogP contribution in [0.25, 0.3) is 0 Å². The molecule has 4 rings (SSSR count). The molecule has 0 unspecified atom stereocenters. The van der Waals surface area contributed by atoms with Crippen molar-refractivity contribution in [3.63, 3.8) is 0 Å². The topological polar surface area (TPSA) is 120 Å². The number of para-hydroxylation sites is 1. The molecule has 1 aliphatic heterocycles. The molecule has 3 aromatic rings. The molecule has 180 valence electrons. The molecule has 34 heavy (non-hydrogen) atoms. The fraction of sp³-hybridized carbons (Fsp3) is 0.304. The van der Waals surface area contributed by atoms with Gasteiger partial charge in [-0.25, -0.2) is 8.42 Å². The highest BCUT2D eigenvalue weighted by Crippen LogP contribution is 2.31. The molecule has 0 atom stereocenters. The van der Waals surface area contributed by atoms with Crippen LogP contribution in [-0.4, -0.2) is 51.7 Å². The summed E-state index contributed by atoms with van der Waals surface area (Å²) in [4.78, 5) is 13.1. The minimum absolute atomic E-state index is 0.0154. The van der Waals surface area contributed by atoms with Crippen LogP contribution >= 0.6 is 0 Å². The second kappa shape index (κ2) is 9.74. The quantitative estimate of drug-likeness (QED) is 0.514. The molecule has 11 heteroatoms. The molecule has 0 bridgehead atoms. The number of carbonyl (C=O) groups excluding carboxylic acids is 1. The Morgan fingerprint density at radius 2 is 1.85 bits per heavy atom. The van der Waals surface area contributed by atoms with E-state index in [0.29, 0.717) is 35.0 Å². The Bertz CT molecular complexity index is 1290. The number of sulfonamides is 1. The van der Waals surface area contributed by atoms with Gasteiger partial charge in [-0.2, -0.15) is 4.31 Å². The fourth-order valence-electron chi connectivity index (χ4n) is 3.82. The molecular weight excluding hydrogens is 462 g/mol. The van der Waals surface area contributed by atoms with Gasteiger partial charge in [0.05, 0.1) is 26.2 Å². The number of methoxy groups -OCH3 is 3. The van der Waals surface area contributed by atoms with Crippen molar-refractivity contribution in [3.05, 3.63) is 65.0 Å². The first kappa shape index (κ1) is 23.6. The number of nitrogens with zero attached hydrogens (tertiary/aromatic N) is 2. The van der Waals surface area contributed by atoms with Crippen LogP contribution in [0.15, 0.2) is 51.9 Å². The summed E-state index contributed by atoms with van der Waals surface area (Å²) < 4.78 is 48.7. The molecule has 2 heterocycles. The van der Waals surface area contributed by atoms with Crippen LogP contribution in [0.1, 0.15) is 27.4 Å². The number of benzene rings is 2. The number of amides is 1. The van der Waals surface area contributed by atoms with E-state index in [1.54, 1.807) is 24.3 Å². The van der Waals surface area contributed by atoms with E-state index in [1.807, 2.05) is 6.07 Å². The molecule has 1 aliphatic rings. The summed E-state index contributed by atoms with van der Waals surface area (Å²) in [6.07, 6.45) is 0.314. The smallest absolute Gasteiger partial charge is 0.274 e. The number of hydrogen-bond acceptors (Lipinski definition) is 8. The van der Waals surface area contributed by atoms with Crippen LogP contribution in [0.2, 0.25) is 0 Å². The number of fused-ring (bicyclic) bond motifs is 1. The van der Waals surface area contributed by atoms with Gasteiger partial charge in [0.25, 0.3) is 5.91 Å². The number of ether oxygens (including phenoxy) is 3. The van der Waals surface area contributed by atoms with Crippen LogP contribution < -0.4 is 19.5 Å². The second-order valence-corrected chi connectivity index (χ2v) is 9.47. The Labute approximate surface area is 197 Å². The summed E-state index contributed by atoms with van der Waals surface area (Å²) in [6.45, 7) is 0.367. The molecule has 0 aliphatic carbocycles. The number of hydrogen-bond donors (Lipinski definition) is 1. The van der Waals surface area contributed by atoms with Crippen molar-refractivity contribution >= 4 is 15.9 Å². The number of aromatic nitrogens is 1. The van der Waals surface area contributed by atoms with E-state index in [2.05, 4.69) is 10.5 Å². The molecule has 0 fully saturated rings. The maximum absolute atomic E-state index is 13.1. The van der Waals surface area contributed by atoms with E-state index in [0.717, 1.165) is 5.56 Å². The number of carbonyl (C=O) groups is 1. The Morgan fingerprint density at radius 1 is 1.09 bits per heavy atom. The Hall–Kier alpha value is -3.57. The third-order valence-electron chi connectivity index (χ3n) is 5.63. The van der Waals surface area contributed by atoms with Gasteiger partial charge >= 0.3 is 0 Å². The lowest BCUT2D eigenvalue weighted by molar-refractivity contribution is 0.0940. The van der Waals surface area contributed by atoms with Crippen molar-refractivity contribution < 1.29 is 31.9 Å². The van der Waals surface area contributed by atoms with Crippen molar-refractivity contribution in [1.82, 2.24) is 14.8 Å². The zero-order valence-electron chi connectivity index (χ0n) is 19.0. The standard InChI is InChI=1S/C23H25N3O7S/c1-30-16-7-9-17(10-8-16)34(28,29)26-12-11-19-18(14-26)21(25-33-19)23(27)24-13-15-5-4-6-20(31-2)22(15)32-3/h4-10H,11-14H2,1-3H3,(H,24,27). The average Bonchev–Trinajstić information content (AvgIpc) is 3.30. The lowest BCUT2D eigenvalue weighted by Gasteiger charge is -2.25. The molecule has 10 nitrogen and oxygen atoms in total. The zero-order valence-corrected chi connectivity index (χ0v) is 19.8. The maximum atomic E-state index is 13.1. The van der Waals surface area contributed by atoms with Crippen molar-refractivity contribution in [2.45, 2.75) is 24.4 Å². The van der Waals surface area contributed by atoms with Crippen LogP contribution in [0.5, 0.6) is 17.2 Å². The predicted octanol–water partition coefficient (Wildman–Crippen LogP) is 2.38. The van der Waals surface area contributed by atoms with Crippen molar-refractivity contribution in [2.24, 2.45) is 0 Å². The van der Waals surface area contributed by atoms with Crippen LogP contribution in [0.4, 0.5) is 0 Å². The fourth-order valence-corrected chi connectivity index (χ4v) is 5.23. The maximum Gasteiger partial charge on any atom is 0.274 e. The van der Waals surface area contributed by atoms with E-state index in [4.69, 9.17) is 18.7 Å². The summed E-state index contributed by atoms with van der Waals surface area (Å²) >= 11 is 0. The van der Waals surface area contributed by atoms with Crippen molar-refractivity contribution in [1.29, 1.82) is 0 Å². The van der Waals surface area contributed by atoms with Crippen LogP contribution in [0.3, 0.4) is 0 Å². The van der Waals surface area contributed by atoms with Gasteiger partial charge < -0.3 is 24.1 Å². The number of rotatable bonds is 8. The lowest BCUT2D eigenvalue weighted by Crippen LogP contribution is -2.36. The Balaban J connectivity index is 1.51. The van der Waals surface area contributed by atoms with Gasteiger partial charge in [-0.05, 0) is 30.3 Å². The molecule has 1 aromatic heterocycles. The molecule has 2 aromatic carbocycles. The second-order valence-electron chi connectivity index (χ2n) is 7.53. The van der Waals surface area contributed by atoms with Gasteiger partial charge in [0.1, 0.15) is 11.5 Å². The zero-order chi connectivity index (χ0) is 24.3. The van der Waals surface area contributed by atoms with Crippen LogP contribution in [-0.2, 0) is 29.5 Å². The summed E-state index contributed by atoms with van der Waals surface area (Å²) in [6, 6.07) is 11.5. The normalized spacial score (nSPS) is 13.7. The number of nitrogens with one attached hydrogen (secondary N) is 1.